The van der Waals surface area contributed by atoms with Gasteiger partial charge in [-0.25, -0.2) is 8.42 Å². The summed E-state index contributed by atoms with van der Waals surface area (Å²) in [7, 11) is -4.00. The van der Waals surface area contributed by atoms with Crippen LogP contribution in [0.5, 0.6) is 0 Å². The molecule has 0 spiro atoms. The largest absolute Gasteiger partial charge is 0.355 e. The van der Waals surface area contributed by atoms with Crippen LogP contribution in [0.4, 0.5) is 5.69 Å². The van der Waals surface area contributed by atoms with Gasteiger partial charge in [0.2, 0.25) is 5.91 Å². The zero-order chi connectivity index (χ0) is 20.1. The van der Waals surface area contributed by atoms with Crippen LogP contribution in [-0.4, -0.2) is 30.5 Å². The van der Waals surface area contributed by atoms with Crippen LogP contribution < -0.4 is 5.32 Å². The van der Waals surface area contributed by atoms with Gasteiger partial charge in [-0.1, -0.05) is 30.3 Å². The maximum Gasteiger partial charge on any atom is 0.269 e. The molecule has 0 heterocycles. The molecule has 0 saturated heterocycles. The maximum absolute atomic E-state index is 12.8. The van der Waals surface area contributed by atoms with Gasteiger partial charge in [0.1, 0.15) is 4.75 Å². The number of benzene rings is 2. The number of nitro groups is 1. The van der Waals surface area contributed by atoms with E-state index in [1.807, 2.05) is 30.3 Å². The molecule has 0 aliphatic heterocycles. The van der Waals surface area contributed by atoms with E-state index < -0.39 is 25.4 Å². The molecule has 0 bridgehead atoms. The fourth-order valence-electron chi connectivity index (χ4n) is 2.52. The van der Waals surface area contributed by atoms with Crippen molar-refractivity contribution >= 4 is 21.4 Å². The molecule has 2 aromatic rings. The van der Waals surface area contributed by atoms with Crippen molar-refractivity contribution in [3.05, 3.63) is 70.3 Å². The molecule has 144 valence electrons. The number of sulfone groups is 1. The molecule has 0 unspecified atom stereocenters. The second-order valence-corrected chi connectivity index (χ2v) is 9.11. The Bertz CT molecular complexity index is 907. The lowest BCUT2D eigenvalue weighted by atomic mass is 10.1. The number of amides is 1. The van der Waals surface area contributed by atoms with Crippen LogP contribution in [0.15, 0.2) is 59.5 Å². The molecular formula is C19H22N2O5S. The first-order valence-electron chi connectivity index (χ1n) is 8.47. The average Bonchev–Trinajstić information content (AvgIpc) is 2.65. The van der Waals surface area contributed by atoms with Crippen molar-refractivity contribution in [2.75, 3.05) is 6.54 Å². The lowest BCUT2D eigenvalue weighted by molar-refractivity contribution is -0.384. The van der Waals surface area contributed by atoms with Crippen LogP contribution in [0, 0.1) is 10.1 Å². The molecule has 0 atom stereocenters. The van der Waals surface area contributed by atoms with Crippen LogP contribution >= 0.6 is 0 Å². The topological polar surface area (TPSA) is 106 Å². The number of nitrogens with zero attached hydrogens (tertiary/aromatic N) is 1. The first-order chi connectivity index (χ1) is 12.7. The smallest absolute Gasteiger partial charge is 0.269 e. The Labute approximate surface area is 158 Å². The summed E-state index contributed by atoms with van der Waals surface area (Å²) < 4.78 is 23.9. The summed E-state index contributed by atoms with van der Waals surface area (Å²) >= 11 is 0. The highest BCUT2D eigenvalue weighted by Crippen LogP contribution is 2.27. The molecule has 0 saturated carbocycles. The van der Waals surface area contributed by atoms with Crippen LogP contribution in [0.2, 0.25) is 0 Å². The van der Waals surface area contributed by atoms with Gasteiger partial charge in [-0.3, -0.25) is 14.9 Å². The number of aryl methyl sites for hydroxylation is 1. The van der Waals surface area contributed by atoms with Gasteiger partial charge in [0.25, 0.3) is 5.69 Å². The molecule has 0 fully saturated rings. The van der Waals surface area contributed by atoms with Crippen molar-refractivity contribution in [3.8, 4) is 0 Å². The van der Waals surface area contributed by atoms with E-state index in [1.165, 1.54) is 13.8 Å². The molecule has 27 heavy (non-hydrogen) atoms. The molecule has 0 radical (unpaired) electrons. The summed E-state index contributed by atoms with van der Waals surface area (Å²) in [6.45, 7) is 3.01. The van der Waals surface area contributed by atoms with E-state index in [4.69, 9.17) is 0 Å². The number of rotatable bonds is 8. The van der Waals surface area contributed by atoms with Gasteiger partial charge in [-0.15, -0.1) is 0 Å². The van der Waals surface area contributed by atoms with Crippen molar-refractivity contribution in [3.63, 3.8) is 0 Å². The number of non-ortho nitro benzene ring substituents is 1. The highest BCUT2D eigenvalue weighted by atomic mass is 32.2. The molecule has 7 nitrogen and oxygen atoms in total. The van der Waals surface area contributed by atoms with Crippen LogP contribution in [0.25, 0.3) is 0 Å². The van der Waals surface area contributed by atoms with Crippen molar-refractivity contribution in [2.45, 2.75) is 36.3 Å². The SMILES string of the molecule is CC(C)(C(=O)NCCCc1ccccc1)S(=O)(=O)c1ccc([N+](=O)[O-])cc1. The Hall–Kier alpha value is -2.74. The Morgan fingerprint density at radius 2 is 1.67 bits per heavy atom. The standard InChI is InChI=1S/C19H22N2O5S/c1-19(2,18(22)20-14-6-9-15-7-4-3-5-8-15)27(25,26)17-12-10-16(11-13-17)21(23)24/h3-5,7-8,10-13H,6,9,14H2,1-2H3,(H,20,22). The summed E-state index contributed by atoms with van der Waals surface area (Å²) in [5.74, 6) is -0.603. The molecule has 1 amide bonds. The second-order valence-electron chi connectivity index (χ2n) is 6.61. The van der Waals surface area contributed by atoms with E-state index in [0.29, 0.717) is 13.0 Å². The lowest BCUT2D eigenvalue weighted by Gasteiger charge is -2.24. The third-order valence-electron chi connectivity index (χ3n) is 4.35. The van der Waals surface area contributed by atoms with Crippen LogP contribution in [-0.2, 0) is 21.1 Å². The molecule has 0 aliphatic carbocycles. The third kappa shape index (κ3) is 4.71. The number of hydrogen-bond acceptors (Lipinski definition) is 5. The quantitative estimate of drug-likeness (QED) is 0.424. The van der Waals surface area contributed by atoms with E-state index in [2.05, 4.69) is 5.32 Å². The number of nitrogens with one attached hydrogen (secondary N) is 1. The molecule has 8 heteroatoms. The molecule has 2 rings (SSSR count). The van der Waals surface area contributed by atoms with Crippen molar-refractivity contribution < 1.29 is 18.1 Å². The summed E-state index contributed by atoms with van der Waals surface area (Å²) in [4.78, 5) is 22.4. The third-order valence-corrected chi connectivity index (χ3v) is 6.77. The fourth-order valence-corrected chi connectivity index (χ4v) is 3.92. The number of nitro benzene ring substituents is 1. The number of carbonyl (C=O) groups is 1. The average molecular weight is 390 g/mol. The number of carbonyl (C=O) groups excluding carboxylic acids is 1. The predicted molar refractivity (Wildman–Crippen MR) is 102 cm³/mol. The molecule has 0 aliphatic rings. The molecule has 2 aromatic carbocycles. The Kier molecular flexibility index (Phi) is 6.32. The Balaban J connectivity index is 2.01. The van der Waals surface area contributed by atoms with Gasteiger partial charge in [0.15, 0.2) is 9.84 Å². The fraction of sp³-hybridized carbons (Fsp3) is 0.316. The monoisotopic (exact) mass is 390 g/mol. The zero-order valence-electron chi connectivity index (χ0n) is 15.2. The highest BCUT2D eigenvalue weighted by molar-refractivity contribution is 7.93. The minimum absolute atomic E-state index is 0.127. The van der Waals surface area contributed by atoms with Crippen LogP contribution in [0.3, 0.4) is 0 Å². The van der Waals surface area contributed by atoms with Gasteiger partial charge in [-0.2, -0.15) is 0 Å². The van der Waals surface area contributed by atoms with Gasteiger partial charge in [-0.05, 0) is 44.4 Å². The Morgan fingerprint density at radius 3 is 2.22 bits per heavy atom. The van der Waals surface area contributed by atoms with Gasteiger partial charge in [0.05, 0.1) is 9.82 Å². The van der Waals surface area contributed by atoms with Crippen molar-refractivity contribution in [1.82, 2.24) is 5.32 Å². The highest BCUT2D eigenvalue weighted by Gasteiger charge is 2.42. The first kappa shape index (κ1) is 20.6. The summed E-state index contributed by atoms with van der Waals surface area (Å²) in [6, 6.07) is 14.3. The van der Waals surface area contributed by atoms with E-state index in [-0.39, 0.29) is 10.6 Å². The zero-order valence-corrected chi connectivity index (χ0v) is 16.0. The lowest BCUT2D eigenvalue weighted by Crippen LogP contribution is -2.48. The van der Waals surface area contributed by atoms with E-state index in [0.717, 1.165) is 36.2 Å². The van der Waals surface area contributed by atoms with E-state index in [1.54, 1.807) is 0 Å². The minimum atomic E-state index is -4.00. The van der Waals surface area contributed by atoms with E-state index >= 15 is 0 Å². The molecule has 0 aromatic heterocycles. The van der Waals surface area contributed by atoms with Crippen molar-refractivity contribution in [2.24, 2.45) is 0 Å². The van der Waals surface area contributed by atoms with Gasteiger partial charge in [0, 0.05) is 18.7 Å². The van der Waals surface area contributed by atoms with Crippen molar-refractivity contribution in [1.29, 1.82) is 0 Å². The molecule has 1 N–H and O–H groups in total. The van der Waals surface area contributed by atoms with Crippen LogP contribution in [0.1, 0.15) is 25.8 Å². The molecular weight excluding hydrogens is 368 g/mol. The number of hydrogen-bond donors (Lipinski definition) is 1. The summed E-state index contributed by atoms with van der Waals surface area (Å²) in [5, 5.41) is 13.4. The normalized spacial score (nSPS) is 11.8. The maximum atomic E-state index is 12.8. The second kappa shape index (κ2) is 8.30. The van der Waals surface area contributed by atoms with Gasteiger partial charge < -0.3 is 5.32 Å². The summed E-state index contributed by atoms with van der Waals surface area (Å²) in [5.41, 5.74) is 0.932. The van der Waals surface area contributed by atoms with Gasteiger partial charge >= 0.3 is 0 Å². The first-order valence-corrected chi connectivity index (χ1v) is 9.96. The predicted octanol–water partition coefficient (Wildman–Crippen LogP) is 2.90. The minimum Gasteiger partial charge on any atom is -0.355 e. The Morgan fingerprint density at radius 1 is 1.07 bits per heavy atom. The van der Waals surface area contributed by atoms with E-state index in [9.17, 15) is 23.3 Å². The summed E-state index contributed by atoms with van der Waals surface area (Å²) in [6.07, 6.45) is 1.46.